The Hall–Kier alpha value is -0.260. The number of carboxylic acids is 1. The van der Waals surface area contributed by atoms with Crippen molar-refractivity contribution in [3.8, 4) is 0 Å². The highest BCUT2D eigenvalue weighted by molar-refractivity contribution is 8.00. The molecule has 0 saturated carbocycles. The number of carbonyl (C=O) groups is 1. The molecule has 0 spiro atoms. The Morgan fingerprint density at radius 3 is 2.73 bits per heavy atom. The molecule has 15 heavy (non-hydrogen) atoms. The van der Waals surface area contributed by atoms with Crippen molar-refractivity contribution in [2.75, 3.05) is 38.6 Å². The molecule has 1 heterocycles. The molecule has 1 aliphatic heterocycles. The maximum absolute atomic E-state index is 10.8. The number of thioether (sulfide) groups is 1. The van der Waals surface area contributed by atoms with Gasteiger partial charge in [0.25, 0.3) is 0 Å². The standard InChI is InChI=1S/C10H19NO3S/c1-2-9(10(12)13)15-8-5-11-3-6-14-7-4-11/h9H,2-8H2,1H3,(H,12,13). The molecule has 1 saturated heterocycles. The average molecular weight is 233 g/mol. The molecular weight excluding hydrogens is 214 g/mol. The van der Waals surface area contributed by atoms with Gasteiger partial charge in [-0.2, -0.15) is 0 Å². The number of ether oxygens (including phenoxy) is 1. The van der Waals surface area contributed by atoms with Crippen molar-refractivity contribution in [1.29, 1.82) is 0 Å². The normalized spacial score (nSPS) is 20.1. The van der Waals surface area contributed by atoms with Crippen molar-refractivity contribution >= 4 is 17.7 Å². The molecule has 5 heteroatoms. The second-order valence-electron chi connectivity index (χ2n) is 3.56. The summed E-state index contributed by atoms with van der Waals surface area (Å²) in [4.78, 5) is 13.1. The lowest BCUT2D eigenvalue weighted by atomic mass is 10.3. The van der Waals surface area contributed by atoms with Crippen LogP contribution >= 0.6 is 11.8 Å². The van der Waals surface area contributed by atoms with Gasteiger partial charge in [0.2, 0.25) is 0 Å². The van der Waals surface area contributed by atoms with E-state index in [4.69, 9.17) is 9.84 Å². The molecule has 88 valence electrons. The van der Waals surface area contributed by atoms with Gasteiger partial charge >= 0.3 is 5.97 Å². The third-order valence-corrected chi connectivity index (χ3v) is 3.83. The molecular formula is C10H19NO3S. The first-order valence-corrected chi connectivity index (χ1v) is 6.43. The summed E-state index contributed by atoms with van der Waals surface area (Å²) in [7, 11) is 0. The first-order chi connectivity index (χ1) is 7.24. The van der Waals surface area contributed by atoms with Crippen LogP contribution in [-0.4, -0.2) is 59.8 Å². The minimum absolute atomic E-state index is 0.244. The first-order valence-electron chi connectivity index (χ1n) is 5.38. The number of nitrogens with zero attached hydrogens (tertiary/aromatic N) is 1. The fraction of sp³-hybridized carbons (Fsp3) is 0.900. The number of morpholine rings is 1. The van der Waals surface area contributed by atoms with Gasteiger partial charge in [-0.3, -0.25) is 9.69 Å². The van der Waals surface area contributed by atoms with Crippen LogP contribution in [-0.2, 0) is 9.53 Å². The van der Waals surface area contributed by atoms with E-state index in [1.165, 1.54) is 0 Å². The minimum Gasteiger partial charge on any atom is -0.480 e. The highest BCUT2D eigenvalue weighted by Gasteiger charge is 2.16. The molecule has 0 aromatic carbocycles. The van der Waals surface area contributed by atoms with Crippen LogP contribution in [0.25, 0.3) is 0 Å². The van der Waals surface area contributed by atoms with Gasteiger partial charge in [0.1, 0.15) is 5.25 Å². The van der Waals surface area contributed by atoms with E-state index in [1.54, 1.807) is 11.8 Å². The molecule has 1 fully saturated rings. The SMILES string of the molecule is CCC(SCCN1CCOCC1)C(=O)O. The van der Waals surface area contributed by atoms with Gasteiger partial charge in [0.05, 0.1) is 13.2 Å². The summed E-state index contributed by atoms with van der Waals surface area (Å²) in [5, 5.41) is 8.61. The van der Waals surface area contributed by atoms with Gasteiger partial charge in [-0.25, -0.2) is 0 Å². The van der Waals surface area contributed by atoms with E-state index in [0.717, 1.165) is 38.6 Å². The predicted molar refractivity (Wildman–Crippen MR) is 61.4 cm³/mol. The fourth-order valence-corrected chi connectivity index (χ4v) is 2.54. The van der Waals surface area contributed by atoms with Gasteiger partial charge in [0, 0.05) is 25.4 Å². The smallest absolute Gasteiger partial charge is 0.316 e. The predicted octanol–water partition coefficient (Wildman–Crippen LogP) is 0.915. The third-order valence-electron chi connectivity index (χ3n) is 2.48. The van der Waals surface area contributed by atoms with Crippen molar-refractivity contribution in [2.45, 2.75) is 18.6 Å². The first kappa shape index (κ1) is 12.8. The third kappa shape index (κ3) is 4.86. The Morgan fingerprint density at radius 1 is 1.53 bits per heavy atom. The molecule has 1 aliphatic rings. The lowest BCUT2D eigenvalue weighted by Crippen LogP contribution is -2.37. The van der Waals surface area contributed by atoms with E-state index in [9.17, 15) is 4.79 Å². The van der Waals surface area contributed by atoms with Crippen molar-refractivity contribution in [2.24, 2.45) is 0 Å². The van der Waals surface area contributed by atoms with Crippen LogP contribution in [0.4, 0.5) is 0 Å². The molecule has 0 bridgehead atoms. The van der Waals surface area contributed by atoms with E-state index in [0.29, 0.717) is 6.42 Å². The zero-order valence-corrected chi connectivity index (χ0v) is 9.96. The fourth-order valence-electron chi connectivity index (χ4n) is 1.51. The summed E-state index contributed by atoms with van der Waals surface area (Å²) >= 11 is 1.54. The number of aliphatic carboxylic acids is 1. The minimum atomic E-state index is -0.690. The van der Waals surface area contributed by atoms with Gasteiger partial charge in [-0.15, -0.1) is 11.8 Å². The Labute approximate surface area is 95.0 Å². The summed E-state index contributed by atoms with van der Waals surface area (Å²) in [6.07, 6.45) is 0.698. The van der Waals surface area contributed by atoms with Crippen LogP contribution < -0.4 is 0 Å². The van der Waals surface area contributed by atoms with Crippen LogP contribution in [0, 0.1) is 0 Å². The average Bonchev–Trinajstić information content (AvgIpc) is 2.25. The van der Waals surface area contributed by atoms with Crippen LogP contribution in [0.15, 0.2) is 0 Å². The van der Waals surface area contributed by atoms with Crippen molar-refractivity contribution in [3.05, 3.63) is 0 Å². The molecule has 4 nitrogen and oxygen atoms in total. The van der Waals surface area contributed by atoms with E-state index in [-0.39, 0.29) is 5.25 Å². The number of rotatable bonds is 6. The molecule has 1 atom stereocenters. The monoisotopic (exact) mass is 233 g/mol. The van der Waals surface area contributed by atoms with Crippen LogP contribution in [0.2, 0.25) is 0 Å². The quantitative estimate of drug-likeness (QED) is 0.739. The summed E-state index contributed by atoms with van der Waals surface area (Å²) in [6, 6.07) is 0. The van der Waals surface area contributed by atoms with E-state index >= 15 is 0 Å². The Bertz CT molecular complexity index is 195. The van der Waals surface area contributed by atoms with E-state index in [1.807, 2.05) is 6.92 Å². The van der Waals surface area contributed by atoms with Crippen molar-refractivity contribution < 1.29 is 14.6 Å². The van der Waals surface area contributed by atoms with Crippen molar-refractivity contribution in [1.82, 2.24) is 4.90 Å². The maximum atomic E-state index is 10.8. The summed E-state index contributed by atoms with van der Waals surface area (Å²) in [5.41, 5.74) is 0. The van der Waals surface area contributed by atoms with Crippen LogP contribution in [0.5, 0.6) is 0 Å². The maximum Gasteiger partial charge on any atom is 0.316 e. The Morgan fingerprint density at radius 2 is 2.20 bits per heavy atom. The highest BCUT2D eigenvalue weighted by Crippen LogP contribution is 2.15. The van der Waals surface area contributed by atoms with Gasteiger partial charge < -0.3 is 9.84 Å². The zero-order chi connectivity index (χ0) is 11.1. The molecule has 0 radical (unpaired) electrons. The second-order valence-corrected chi connectivity index (χ2v) is 4.87. The van der Waals surface area contributed by atoms with Gasteiger partial charge in [-0.05, 0) is 6.42 Å². The number of hydrogen-bond acceptors (Lipinski definition) is 4. The molecule has 1 rings (SSSR count). The zero-order valence-electron chi connectivity index (χ0n) is 9.15. The molecule has 1 unspecified atom stereocenters. The molecule has 0 aliphatic carbocycles. The lowest BCUT2D eigenvalue weighted by molar-refractivity contribution is -0.136. The highest BCUT2D eigenvalue weighted by atomic mass is 32.2. The van der Waals surface area contributed by atoms with Gasteiger partial charge in [-0.1, -0.05) is 6.92 Å². The number of carboxylic acid groups (broad SMARTS) is 1. The van der Waals surface area contributed by atoms with Crippen molar-refractivity contribution in [3.63, 3.8) is 0 Å². The van der Waals surface area contributed by atoms with E-state index in [2.05, 4.69) is 4.90 Å². The topological polar surface area (TPSA) is 49.8 Å². The Balaban J connectivity index is 2.11. The second kappa shape index (κ2) is 7.09. The molecule has 0 amide bonds. The largest absolute Gasteiger partial charge is 0.480 e. The Kier molecular flexibility index (Phi) is 6.05. The van der Waals surface area contributed by atoms with Crippen LogP contribution in [0.1, 0.15) is 13.3 Å². The van der Waals surface area contributed by atoms with E-state index < -0.39 is 5.97 Å². The summed E-state index contributed by atoms with van der Waals surface area (Å²) in [5.74, 6) is 0.203. The molecule has 0 aromatic rings. The molecule has 1 N–H and O–H groups in total. The van der Waals surface area contributed by atoms with Crippen LogP contribution in [0.3, 0.4) is 0 Å². The molecule has 0 aromatic heterocycles. The number of hydrogen-bond donors (Lipinski definition) is 1. The van der Waals surface area contributed by atoms with Gasteiger partial charge in [0.15, 0.2) is 0 Å². The summed E-state index contributed by atoms with van der Waals surface area (Å²) < 4.78 is 5.24. The summed E-state index contributed by atoms with van der Waals surface area (Å²) in [6.45, 7) is 6.45. The lowest BCUT2D eigenvalue weighted by Gasteiger charge is -2.26.